The maximum atomic E-state index is 8.19. The summed E-state index contributed by atoms with van der Waals surface area (Å²) in [5.74, 6) is 0. The van der Waals surface area contributed by atoms with E-state index < -0.39 is 14.5 Å². The van der Waals surface area contributed by atoms with Gasteiger partial charge in [-0.25, -0.2) is 0 Å². The van der Waals surface area contributed by atoms with E-state index in [0.29, 0.717) is 0 Å². The second-order valence-corrected chi connectivity index (χ2v) is 16.5. The molecule has 0 atom stereocenters. The summed E-state index contributed by atoms with van der Waals surface area (Å²) in [7, 11) is 3.18. The Kier molecular flexibility index (Phi) is 12.8. The molecule has 0 amide bonds. The Labute approximate surface area is 79.8 Å². The van der Waals surface area contributed by atoms with Crippen LogP contribution in [0.5, 0.6) is 0 Å². The van der Waals surface area contributed by atoms with E-state index in [4.69, 9.17) is 15.8 Å². The summed E-state index contributed by atoms with van der Waals surface area (Å²) in [5, 5.41) is 30.2. The van der Waals surface area contributed by atoms with Gasteiger partial charge in [0.2, 0.25) is 0 Å². The van der Waals surface area contributed by atoms with E-state index in [2.05, 4.69) is 0 Å². The van der Waals surface area contributed by atoms with Crippen LogP contribution in [0, 0.1) is 32.0 Å². The van der Waals surface area contributed by atoms with Crippen molar-refractivity contribution in [3.8, 4) is 16.2 Å². The topological polar surface area (TPSA) is 106 Å². The van der Waals surface area contributed by atoms with Crippen molar-refractivity contribution in [2.24, 2.45) is 0 Å². The molecule has 0 saturated carbocycles. The molecule has 0 saturated heterocycles. The van der Waals surface area contributed by atoms with Crippen LogP contribution in [0.3, 0.4) is 0 Å². The summed E-state index contributed by atoms with van der Waals surface area (Å²) in [5.41, 5.74) is 0. The first-order valence-corrected chi connectivity index (χ1v) is 11.6. The van der Waals surface area contributed by atoms with Crippen molar-refractivity contribution in [2.75, 3.05) is 0 Å². The molecular formula is C3H3AuN4S3. The molecule has 0 aromatic rings. The van der Waals surface area contributed by atoms with Crippen molar-refractivity contribution in [1.29, 1.82) is 15.8 Å². The van der Waals surface area contributed by atoms with Gasteiger partial charge in [0.05, 0.1) is 0 Å². The Morgan fingerprint density at radius 2 is 1.09 bits per heavy atom. The number of hydrogen-bond acceptors (Lipinski definition) is 7. The second-order valence-electron chi connectivity index (χ2n) is 0.609. The fourth-order valence-corrected chi connectivity index (χ4v) is 7.74. The third-order valence-corrected chi connectivity index (χ3v) is 13.1. The number of hydrogen-bond donors (Lipinski definition) is 1. The van der Waals surface area contributed by atoms with Gasteiger partial charge < -0.3 is 6.15 Å². The monoisotopic (exact) mass is 388 g/mol. The predicted molar refractivity (Wildman–Crippen MR) is 44.6 cm³/mol. The standard InChI is InChI=1S/3CHNS.Au.H3N/c3*2-1-3;;/h3*3H;;1H3/q;;;+3;/p-3. The van der Waals surface area contributed by atoms with E-state index in [1.165, 1.54) is 0 Å². The van der Waals surface area contributed by atoms with Gasteiger partial charge in [-0.05, 0) is 0 Å². The van der Waals surface area contributed by atoms with Gasteiger partial charge in [0, 0.05) is 0 Å². The molecule has 0 aliphatic carbocycles. The molecule has 0 aliphatic heterocycles. The van der Waals surface area contributed by atoms with Crippen molar-refractivity contribution >= 4 is 27.7 Å². The molecule has 0 fully saturated rings. The average Bonchev–Trinajstić information content (AvgIpc) is 1.90. The van der Waals surface area contributed by atoms with Crippen LogP contribution in [0.4, 0.5) is 0 Å². The van der Waals surface area contributed by atoms with Crippen LogP contribution in [-0.2, 0) is 14.5 Å². The second kappa shape index (κ2) is 10.2. The fraction of sp³-hybridized carbons (Fsp3) is 0. The minimum absolute atomic E-state index is 0. The molecule has 8 heteroatoms. The van der Waals surface area contributed by atoms with Crippen molar-refractivity contribution in [2.45, 2.75) is 0 Å². The van der Waals surface area contributed by atoms with Gasteiger partial charge in [-0.3, -0.25) is 0 Å². The van der Waals surface area contributed by atoms with Crippen molar-refractivity contribution in [1.82, 2.24) is 6.15 Å². The molecular weight excluding hydrogens is 385 g/mol. The van der Waals surface area contributed by atoms with Crippen LogP contribution >= 0.6 is 27.7 Å². The SMILES string of the molecule is N.N#C[S][Au]([S]C#N)[S]C#N. The Hall–Kier alpha value is 0.220. The molecule has 0 rings (SSSR count). The van der Waals surface area contributed by atoms with Crippen LogP contribution in [-0.4, -0.2) is 0 Å². The van der Waals surface area contributed by atoms with E-state index in [1.807, 2.05) is 16.2 Å². The molecule has 0 aliphatic rings. The van der Waals surface area contributed by atoms with Gasteiger partial charge in [-0.15, -0.1) is 0 Å². The summed E-state index contributed by atoms with van der Waals surface area (Å²) in [4.78, 5) is 0. The number of nitriles is 3. The van der Waals surface area contributed by atoms with Crippen LogP contribution in [0.15, 0.2) is 0 Å². The third kappa shape index (κ3) is 8.12. The van der Waals surface area contributed by atoms with Gasteiger partial charge in [-0.1, -0.05) is 0 Å². The minimum atomic E-state index is -1.65. The van der Waals surface area contributed by atoms with Crippen LogP contribution in [0.25, 0.3) is 0 Å². The van der Waals surface area contributed by atoms with Gasteiger partial charge in [0.1, 0.15) is 0 Å². The van der Waals surface area contributed by atoms with Crippen LogP contribution < -0.4 is 6.15 Å². The van der Waals surface area contributed by atoms with E-state index in [9.17, 15) is 0 Å². The predicted octanol–water partition coefficient (Wildman–Crippen LogP) is 2.15. The molecule has 0 unspecified atom stereocenters. The summed E-state index contributed by atoms with van der Waals surface area (Å²) in [6.45, 7) is 0. The summed E-state index contributed by atoms with van der Waals surface area (Å²) in [6, 6.07) is 0. The molecule has 0 aromatic carbocycles. The first-order chi connectivity index (χ1) is 4.85. The van der Waals surface area contributed by atoms with E-state index in [1.54, 1.807) is 0 Å². The van der Waals surface area contributed by atoms with Gasteiger partial charge in [0.15, 0.2) is 0 Å². The number of rotatable bonds is 3. The third-order valence-electron chi connectivity index (χ3n) is 0.233. The first kappa shape index (κ1) is 13.8. The molecule has 0 radical (unpaired) electrons. The Bertz CT molecular complexity index is 174. The zero-order valence-electron chi connectivity index (χ0n) is 5.08. The molecule has 0 spiro atoms. The summed E-state index contributed by atoms with van der Waals surface area (Å²) < 4.78 is 0. The zero-order valence-corrected chi connectivity index (χ0v) is 9.69. The molecule has 11 heavy (non-hydrogen) atoms. The maximum absolute atomic E-state index is 8.19. The van der Waals surface area contributed by atoms with Crippen LogP contribution in [0.1, 0.15) is 0 Å². The first-order valence-electron chi connectivity index (χ1n) is 1.65. The normalized spacial score (nSPS) is 7.91. The van der Waals surface area contributed by atoms with Crippen molar-refractivity contribution in [3.05, 3.63) is 0 Å². The average molecular weight is 388 g/mol. The van der Waals surface area contributed by atoms with E-state index in [-0.39, 0.29) is 6.15 Å². The van der Waals surface area contributed by atoms with Gasteiger partial charge in [0.25, 0.3) is 0 Å². The molecule has 0 aromatic heterocycles. The summed E-state index contributed by atoms with van der Waals surface area (Å²) in [6.07, 6.45) is 0. The number of nitrogens with zero attached hydrogens (tertiary/aromatic N) is 3. The molecule has 0 bridgehead atoms. The van der Waals surface area contributed by atoms with E-state index in [0.717, 1.165) is 27.7 Å². The van der Waals surface area contributed by atoms with Gasteiger partial charge >= 0.3 is 74.1 Å². The van der Waals surface area contributed by atoms with E-state index >= 15 is 0 Å². The number of thiocyanates is 3. The fourth-order valence-electron chi connectivity index (χ4n) is 0.105. The zero-order chi connectivity index (χ0) is 7.82. The Balaban J connectivity index is 0. The molecule has 0 heterocycles. The van der Waals surface area contributed by atoms with Crippen molar-refractivity contribution in [3.63, 3.8) is 0 Å². The molecule has 64 valence electrons. The van der Waals surface area contributed by atoms with Crippen LogP contribution in [0.2, 0.25) is 0 Å². The quantitative estimate of drug-likeness (QED) is 0.583. The Morgan fingerprint density at radius 1 is 0.818 bits per heavy atom. The van der Waals surface area contributed by atoms with Gasteiger partial charge in [-0.2, -0.15) is 0 Å². The molecule has 3 N–H and O–H groups in total. The molecule has 4 nitrogen and oxygen atoms in total. The Morgan fingerprint density at radius 3 is 1.27 bits per heavy atom. The van der Waals surface area contributed by atoms with Crippen molar-refractivity contribution < 1.29 is 14.5 Å². The summed E-state index contributed by atoms with van der Waals surface area (Å²) >= 11 is -1.65.